The van der Waals surface area contributed by atoms with Crippen LogP contribution in [0.2, 0.25) is 0 Å². The molecule has 10 nitrogen and oxygen atoms in total. The molecule has 37 heavy (non-hydrogen) atoms. The number of hydrogen-bond acceptors (Lipinski definition) is 6. The SMILES string of the molecule is CCC(=O)Nc1cccn(C(CC)C(=O)N[C@@H](CC(=O)O)C(=O)COc2c(F)c(F)cc(F)c2F)c1=O. The number of pyridine rings is 1. The van der Waals surface area contributed by atoms with Crippen LogP contribution in [0.5, 0.6) is 5.75 Å². The summed E-state index contributed by atoms with van der Waals surface area (Å²) in [6.07, 6.45) is 0.358. The number of halogens is 4. The minimum Gasteiger partial charge on any atom is -0.481 e. The zero-order valence-electron chi connectivity index (χ0n) is 19.6. The Kier molecular flexibility index (Phi) is 9.91. The van der Waals surface area contributed by atoms with E-state index in [0.29, 0.717) is 0 Å². The third-order valence-electron chi connectivity index (χ3n) is 5.11. The molecule has 2 atom stereocenters. The maximum Gasteiger partial charge on any atom is 0.305 e. The van der Waals surface area contributed by atoms with Gasteiger partial charge in [0.15, 0.2) is 23.2 Å². The zero-order chi connectivity index (χ0) is 27.9. The van der Waals surface area contributed by atoms with E-state index in [2.05, 4.69) is 15.4 Å². The maximum absolute atomic E-state index is 13.8. The van der Waals surface area contributed by atoms with Crippen molar-refractivity contribution in [2.24, 2.45) is 0 Å². The largest absolute Gasteiger partial charge is 0.481 e. The number of benzene rings is 1. The standard InChI is InChI=1S/C23H23F4N3O7/c1-3-15(30-7-5-6-13(23(30)36)28-17(32)4-2)22(35)29-14(9-18(33)34)16(31)10-37-21-19(26)11(24)8-12(25)20(21)27/h5-8,14-15H,3-4,9-10H2,1-2H3,(H,28,32)(H,29,35)(H,33,34)/t14-,15?/m0/s1. The molecule has 0 aliphatic heterocycles. The summed E-state index contributed by atoms with van der Waals surface area (Å²) in [5, 5.41) is 13.7. The van der Waals surface area contributed by atoms with Crippen LogP contribution in [0.25, 0.3) is 0 Å². The Labute approximate surface area is 207 Å². The fraction of sp³-hybridized carbons (Fsp3) is 0.348. The fourth-order valence-electron chi connectivity index (χ4n) is 3.21. The third-order valence-corrected chi connectivity index (χ3v) is 5.11. The highest BCUT2D eigenvalue weighted by Crippen LogP contribution is 2.26. The number of Topliss-reactive ketones (excluding diaryl/α,β-unsaturated/α-hetero) is 1. The van der Waals surface area contributed by atoms with E-state index in [9.17, 15) is 41.5 Å². The van der Waals surface area contributed by atoms with Crippen molar-refractivity contribution in [2.75, 3.05) is 11.9 Å². The average Bonchev–Trinajstić information content (AvgIpc) is 2.84. The number of ketones is 1. The highest BCUT2D eigenvalue weighted by atomic mass is 19.2. The summed E-state index contributed by atoms with van der Waals surface area (Å²) in [4.78, 5) is 61.1. The van der Waals surface area contributed by atoms with Gasteiger partial charge in [0.25, 0.3) is 5.56 Å². The first-order valence-corrected chi connectivity index (χ1v) is 10.9. The van der Waals surface area contributed by atoms with Gasteiger partial charge in [-0.1, -0.05) is 13.8 Å². The van der Waals surface area contributed by atoms with Crippen LogP contribution < -0.4 is 20.9 Å². The number of carboxylic acids is 1. The summed E-state index contributed by atoms with van der Waals surface area (Å²) >= 11 is 0. The van der Waals surface area contributed by atoms with Crippen molar-refractivity contribution in [1.29, 1.82) is 0 Å². The molecular weight excluding hydrogens is 506 g/mol. The van der Waals surface area contributed by atoms with Gasteiger partial charge < -0.3 is 25.0 Å². The molecule has 0 aliphatic rings. The summed E-state index contributed by atoms with van der Waals surface area (Å²) in [7, 11) is 0. The van der Waals surface area contributed by atoms with E-state index in [-0.39, 0.29) is 24.6 Å². The van der Waals surface area contributed by atoms with E-state index in [1.165, 1.54) is 25.3 Å². The monoisotopic (exact) mass is 529 g/mol. The van der Waals surface area contributed by atoms with Crippen LogP contribution in [0, 0.1) is 23.3 Å². The molecule has 0 saturated carbocycles. The predicted octanol–water partition coefficient (Wildman–Crippen LogP) is 2.31. The number of carbonyl (C=O) groups is 4. The lowest BCUT2D eigenvalue weighted by Gasteiger charge is -2.22. The van der Waals surface area contributed by atoms with Crippen LogP contribution in [0.1, 0.15) is 39.2 Å². The summed E-state index contributed by atoms with van der Waals surface area (Å²) in [5.74, 6) is -13.1. The number of aliphatic carboxylic acids is 1. The Balaban J connectivity index is 2.26. The number of anilines is 1. The number of carbonyl (C=O) groups excluding carboxylic acids is 3. The summed E-state index contributed by atoms with van der Waals surface area (Å²) < 4.78 is 59.8. The molecule has 2 amide bonds. The molecule has 0 fully saturated rings. The lowest BCUT2D eigenvalue weighted by Crippen LogP contribution is -2.48. The Morgan fingerprint density at radius 1 is 1.08 bits per heavy atom. The minimum absolute atomic E-state index is 0.000388. The normalized spacial score (nSPS) is 12.4. The van der Waals surface area contributed by atoms with E-state index in [0.717, 1.165) is 4.57 Å². The van der Waals surface area contributed by atoms with Crippen LogP contribution in [-0.2, 0) is 19.2 Å². The Morgan fingerprint density at radius 3 is 2.24 bits per heavy atom. The number of nitrogens with zero attached hydrogens (tertiary/aromatic N) is 1. The topological polar surface area (TPSA) is 144 Å². The van der Waals surface area contributed by atoms with Crippen molar-refractivity contribution < 1.29 is 46.6 Å². The van der Waals surface area contributed by atoms with Crippen molar-refractivity contribution in [1.82, 2.24) is 9.88 Å². The van der Waals surface area contributed by atoms with Gasteiger partial charge in [-0.2, -0.15) is 8.78 Å². The van der Waals surface area contributed by atoms with Crippen LogP contribution in [-0.4, -0.2) is 45.9 Å². The minimum atomic E-state index is -1.91. The molecule has 2 aromatic rings. The van der Waals surface area contributed by atoms with Gasteiger partial charge in [-0.25, -0.2) is 8.78 Å². The van der Waals surface area contributed by atoms with E-state index < -0.39 is 83.3 Å². The molecule has 2 rings (SSSR count). The van der Waals surface area contributed by atoms with E-state index >= 15 is 0 Å². The molecule has 1 unspecified atom stereocenters. The molecule has 1 aromatic heterocycles. The first-order chi connectivity index (χ1) is 17.4. The molecular formula is C23H23F4N3O7. The van der Waals surface area contributed by atoms with Crippen molar-refractivity contribution in [3.05, 3.63) is 58.0 Å². The first-order valence-electron chi connectivity index (χ1n) is 10.9. The molecule has 200 valence electrons. The number of hydrogen-bond donors (Lipinski definition) is 3. The molecule has 0 radical (unpaired) electrons. The highest BCUT2D eigenvalue weighted by Gasteiger charge is 2.30. The molecule has 0 bridgehead atoms. The number of aromatic nitrogens is 1. The lowest BCUT2D eigenvalue weighted by molar-refractivity contribution is -0.140. The molecule has 14 heteroatoms. The van der Waals surface area contributed by atoms with E-state index in [4.69, 9.17) is 5.11 Å². The second-order valence-electron chi connectivity index (χ2n) is 7.67. The van der Waals surface area contributed by atoms with Crippen molar-refractivity contribution >= 4 is 29.3 Å². The average molecular weight is 529 g/mol. The van der Waals surface area contributed by atoms with Gasteiger partial charge in [-0.15, -0.1) is 0 Å². The van der Waals surface area contributed by atoms with Gasteiger partial charge in [0.05, 0.1) is 6.42 Å². The number of nitrogens with one attached hydrogen (secondary N) is 2. The van der Waals surface area contributed by atoms with E-state index in [1.807, 2.05) is 0 Å². The summed E-state index contributed by atoms with van der Waals surface area (Å²) in [6, 6.07) is -0.399. The Morgan fingerprint density at radius 2 is 1.70 bits per heavy atom. The lowest BCUT2D eigenvalue weighted by atomic mass is 10.1. The molecule has 1 aromatic carbocycles. The quantitative estimate of drug-likeness (QED) is 0.283. The maximum atomic E-state index is 13.8. The summed E-state index contributed by atoms with van der Waals surface area (Å²) in [6.45, 7) is 1.84. The number of carboxylic acid groups (broad SMARTS) is 1. The highest BCUT2D eigenvalue weighted by molar-refractivity contribution is 5.94. The first kappa shape index (κ1) is 29.0. The van der Waals surface area contributed by atoms with Crippen LogP contribution in [0.3, 0.4) is 0 Å². The predicted molar refractivity (Wildman–Crippen MR) is 120 cm³/mol. The molecule has 3 N–H and O–H groups in total. The van der Waals surface area contributed by atoms with Crippen LogP contribution >= 0.6 is 0 Å². The molecule has 0 spiro atoms. The molecule has 1 heterocycles. The van der Waals surface area contributed by atoms with Crippen molar-refractivity contribution in [2.45, 2.75) is 45.2 Å². The van der Waals surface area contributed by atoms with Gasteiger partial charge >= 0.3 is 5.97 Å². The molecule has 0 aliphatic carbocycles. The molecule has 0 saturated heterocycles. The third kappa shape index (κ3) is 7.15. The Bertz CT molecular complexity index is 1240. The van der Waals surface area contributed by atoms with Crippen LogP contribution in [0.4, 0.5) is 23.2 Å². The zero-order valence-corrected chi connectivity index (χ0v) is 19.6. The summed E-state index contributed by atoms with van der Waals surface area (Å²) in [5.41, 5.74) is -0.853. The van der Waals surface area contributed by atoms with Gasteiger partial charge in [0.1, 0.15) is 24.4 Å². The van der Waals surface area contributed by atoms with Gasteiger partial charge in [-0.3, -0.25) is 24.0 Å². The smallest absolute Gasteiger partial charge is 0.305 e. The van der Waals surface area contributed by atoms with Gasteiger partial charge in [-0.05, 0) is 18.6 Å². The number of rotatable bonds is 12. The van der Waals surface area contributed by atoms with Crippen molar-refractivity contribution in [3.8, 4) is 5.75 Å². The second kappa shape index (κ2) is 12.6. The fourth-order valence-corrected chi connectivity index (χ4v) is 3.21. The second-order valence-corrected chi connectivity index (χ2v) is 7.67. The number of amides is 2. The number of ether oxygens (including phenoxy) is 1. The van der Waals surface area contributed by atoms with E-state index in [1.54, 1.807) is 6.92 Å². The Hall–Kier alpha value is -4.23. The van der Waals surface area contributed by atoms with Crippen LogP contribution in [0.15, 0.2) is 29.2 Å². The van der Waals surface area contributed by atoms with Gasteiger partial charge in [0, 0.05) is 18.7 Å². The van der Waals surface area contributed by atoms with Crippen molar-refractivity contribution in [3.63, 3.8) is 0 Å². The van der Waals surface area contributed by atoms with Gasteiger partial charge in [0.2, 0.25) is 23.4 Å².